The third-order valence-electron chi connectivity index (χ3n) is 2.37. The van der Waals surface area contributed by atoms with E-state index < -0.39 is 12.0 Å². The van der Waals surface area contributed by atoms with Crippen LogP contribution in [-0.2, 0) is 16.1 Å². The van der Waals surface area contributed by atoms with E-state index in [-0.39, 0.29) is 12.5 Å². The number of benzene rings is 1. The van der Waals surface area contributed by atoms with Crippen molar-refractivity contribution >= 4 is 5.97 Å². The van der Waals surface area contributed by atoms with Gasteiger partial charge in [0.25, 0.3) is 0 Å². The normalized spacial score (nSPS) is 14.4. The fourth-order valence-corrected chi connectivity index (χ4v) is 1.29. The van der Waals surface area contributed by atoms with Gasteiger partial charge in [-0.3, -0.25) is 4.79 Å². The van der Waals surface area contributed by atoms with E-state index >= 15 is 0 Å². The average molecular weight is 223 g/mol. The average Bonchev–Trinajstić information content (AvgIpc) is 2.26. The maximum absolute atomic E-state index is 10.5. The predicted octanol–water partition coefficient (Wildman–Crippen LogP) is 1.39. The Bertz CT molecular complexity index is 326. The highest BCUT2D eigenvalue weighted by Crippen LogP contribution is 2.06. The number of nitrogens with two attached hydrogens (primary N) is 1. The lowest BCUT2D eigenvalue weighted by atomic mass is 10.1. The second kappa shape index (κ2) is 6.25. The highest BCUT2D eigenvalue weighted by molar-refractivity contribution is 5.67. The molecule has 4 heteroatoms. The van der Waals surface area contributed by atoms with E-state index in [0.717, 1.165) is 5.56 Å². The summed E-state index contributed by atoms with van der Waals surface area (Å²) >= 11 is 0. The van der Waals surface area contributed by atoms with Crippen molar-refractivity contribution in [3.8, 4) is 0 Å². The Hall–Kier alpha value is -1.39. The van der Waals surface area contributed by atoms with Gasteiger partial charge < -0.3 is 15.6 Å². The molecular formula is C12H17NO3. The van der Waals surface area contributed by atoms with Gasteiger partial charge in [0.2, 0.25) is 0 Å². The standard InChI is InChI=1S/C12H17NO3/c1-9(11(13)7-12(14)15)16-8-10-5-3-2-4-6-10/h2-6,9,11H,7-8,13H2,1H3,(H,14,15). The molecule has 0 fully saturated rings. The minimum atomic E-state index is -0.900. The first-order chi connectivity index (χ1) is 7.59. The third kappa shape index (κ3) is 4.42. The Morgan fingerprint density at radius 3 is 2.62 bits per heavy atom. The quantitative estimate of drug-likeness (QED) is 0.764. The van der Waals surface area contributed by atoms with E-state index in [0.29, 0.717) is 6.61 Å². The summed E-state index contributed by atoms with van der Waals surface area (Å²) in [6.07, 6.45) is -0.341. The summed E-state index contributed by atoms with van der Waals surface area (Å²) in [6, 6.07) is 9.23. The van der Waals surface area contributed by atoms with E-state index in [1.54, 1.807) is 6.92 Å². The monoisotopic (exact) mass is 223 g/mol. The van der Waals surface area contributed by atoms with Crippen LogP contribution in [0.5, 0.6) is 0 Å². The molecule has 3 N–H and O–H groups in total. The molecule has 0 aliphatic rings. The van der Waals surface area contributed by atoms with Gasteiger partial charge in [-0.25, -0.2) is 0 Å². The van der Waals surface area contributed by atoms with Crippen LogP contribution >= 0.6 is 0 Å². The summed E-state index contributed by atoms with van der Waals surface area (Å²) in [5.41, 5.74) is 6.73. The molecule has 0 spiro atoms. The van der Waals surface area contributed by atoms with Crippen LogP contribution in [0, 0.1) is 0 Å². The number of carbonyl (C=O) groups is 1. The van der Waals surface area contributed by atoms with Crippen LogP contribution < -0.4 is 5.73 Å². The fraction of sp³-hybridized carbons (Fsp3) is 0.417. The van der Waals surface area contributed by atoms with Crippen LogP contribution in [0.4, 0.5) is 0 Å². The molecule has 1 aromatic carbocycles. The molecule has 4 nitrogen and oxygen atoms in total. The van der Waals surface area contributed by atoms with Crippen LogP contribution in [0.15, 0.2) is 30.3 Å². The molecule has 0 aromatic heterocycles. The van der Waals surface area contributed by atoms with Crippen LogP contribution in [0.25, 0.3) is 0 Å². The molecule has 0 radical (unpaired) electrons. The second-order valence-corrected chi connectivity index (χ2v) is 3.76. The lowest BCUT2D eigenvalue weighted by Crippen LogP contribution is -2.36. The van der Waals surface area contributed by atoms with Crippen LogP contribution in [0.3, 0.4) is 0 Å². The van der Waals surface area contributed by atoms with E-state index in [1.165, 1.54) is 0 Å². The van der Waals surface area contributed by atoms with Gasteiger partial charge in [-0.15, -0.1) is 0 Å². The largest absolute Gasteiger partial charge is 0.481 e. The molecule has 0 heterocycles. The summed E-state index contributed by atoms with van der Waals surface area (Å²) in [7, 11) is 0. The zero-order valence-corrected chi connectivity index (χ0v) is 9.30. The molecule has 0 amide bonds. The Balaban J connectivity index is 2.35. The van der Waals surface area contributed by atoms with E-state index in [1.807, 2.05) is 30.3 Å². The molecule has 0 saturated carbocycles. The molecule has 1 aromatic rings. The Morgan fingerprint density at radius 2 is 2.06 bits per heavy atom. The molecule has 0 saturated heterocycles. The number of hydrogen-bond donors (Lipinski definition) is 2. The zero-order valence-electron chi connectivity index (χ0n) is 9.30. The SMILES string of the molecule is CC(OCc1ccccc1)C(N)CC(=O)O. The van der Waals surface area contributed by atoms with Gasteiger partial charge in [0, 0.05) is 6.04 Å². The van der Waals surface area contributed by atoms with Crippen molar-refractivity contribution in [2.24, 2.45) is 5.73 Å². The summed E-state index contributed by atoms with van der Waals surface area (Å²) in [6.45, 7) is 2.24. The predicted molar refractivity (Wildman–Crippen MR) is 60.9 cm³/mol. The summed E-state index contributed by atoms with van der Waals surface area (Å²) in [5, 5.41) is 8.58. The fourth-order valence-electron chi connectivity index (χ4n) is 1.29. The van der Waals surface area contributed by atoms with Crippen molar-refractivity contribution in [3.05, 3.63) is 35.9 Å². The summed E-state index contributed by atoms with van der Waals surface area (Å²) < 4.78 is 5.50. The Kier molecular flexibility index (Phi) is 4.95. The highest BCUT2D eigenvalue weighted by Gasteiger charge is 2.16. The number of ether oxygens (including phenoxy) is 1. The van der Waals surface area contributed by atoms with Crippen LogP contribution in [0.2, 0.25) is 0 Å². The Morgan fingerprint density at radius 1 is 1.44 bits per heavy atom. The number of carboxylic acid groups (broad SMARTS) is 1. The van der Waals surface area contributed by atoms with Crippen molar-refractivity contribution in [3.63, 3.8) is 0 Å². The first kappa shape index (κ1) is 12.7. The van der Waals surface area contributed by atoms with Crippen molar-refractivity contribution in [1.29, 1.82) is 0 Å². The van der Waals surface area contributed by atoms with Crippen molar-refractivity contribution < 1.29 is 14.6 Å². The molecule has 2 atom stereocenters. The van der Waals surface area contributed by atoms with Crippen molar-refractivity contribution in [1.82, 2.24) is 0 Å². The number of aliphatic carboxylic acids is 1. The maximum Gasteiger partial charge on any atom is 0.305 e. The second-order valence-electron chi connectivity index (χ2n) is 3.76. The van der Waals surface area contributed by atoms with Crippen LogP contribution in [0.1, 0.15) is 18.9 Å². The number of rotatable bonds is 6. The van der Waals surface area contributed by atoms with Crippen LogP contribution in [-0.4, -0.2) is 23.2 Å². The van der Waals surface area contributed by atoms with Gasteiger partial charge in [-0.1, -0.05) is 30.3 Å². The van der Waals surface area contributed by atoms with Gasteiger partial charge in [0.1, 0.15) is 0 Å². The molecular weight excluding hydrogens is 206 g/mol. The van der Waals surface area contributed by atoms with Crippen molar-refractivity contribution in [2.45, 2.75) is 32.1 Å². The lowest BCUT2D eigenvalue weighted by molar-refractivity contribution is -0.138. The van der Waals surface area contributed by atoms with E-state index in [9.17, 15) is 4.79 Å². The smallest absolute Gasteiger partial charge is 0.305 e. The summed E-state index contributed by atoms with van der Waals surface area (Å²) in [4.78, 5) is 10.5. The van der Waals surface area contributed by atoms with Crippen molar-refractivity contribution in [2.75, 3.05) is 0 Å². The lowest BCUT2D eigenvalue weighted by Gasteiger charge is -2.18. The first-order valence-corrected chi connectivity index (χ1v) is 5.22. The number of carboxylic acids is 1. The Labute approximate surface area is 95.0 Å². The highest BCUT2D eigenvalue weighted by atomic mass is 16.5. The number of hydrogen-bond acceptors (Lipinski definition) is 3. The van der Waals surface area contributed by atoms with Gasteiger partial charge in [-0.2, -0.15) is 0 Å². The molecule has 1 rings (SSSR count). The minimum Gasteiger partial charge on any atom is -0.481 e. The topological polar surface area (TPSA) is 72.5 Å². The first-order valence-electron chi connectivity index (χ1n) is 5.22. The zero-order chi connectivity index (χ0) is 12.0. The molecule has 0 aliphatic carbocycles. The van der Waals surface area contributed by atoms with Gasteiger partial charge >= 0.3 is 5.97 Å². The molecule has 2 unspecified atom stereocenters. The summed E-state index contributed by atoms with van der Waals surface area (Å²) in [5.74, 6) is -0.900. The maximum atomic E-state index is 10.5. The molecule has 0 aliphatic heterocycles. The van der Waals surface area contributed by atoms with Gasteiger partial charge in [0.05, 0.1) is 19.1 Å². The molecule has 16 heavy (non-hydrogen) atoms. The minimum absolute atomic E-state index is 0.0735. The molecule has 0 bridgehead atoms. The third-order valence-corrected chi connectivity index (χ3v) is 2.37. The molecule has 88 valence electrons. The van der Waals surface area contributed by atoms with E-state index in [4.69, 9.17) is 15.6 Å². The van der Waals surface area contributed by atoms with Gasteiger partial charge in [0.15, 0.2) is 0 Å². The van der Waals surface area contributed by atoms with Gasteiger partial charge in [-0.05, 0) is 12.5 Å². The van der Waals surface area contributed by atoms with E-state index in [2.05, 4.69) is 0 Å².